The lowest BCUT2D eigenvalue weighted by molar-refractivity contribution is -0.0255. The van der Waals surface area contributed by atoms with Crippen molar-refractivity contribution in [3.05, 3.63) is 23.8 Å². The first-order valence-electron chi connectivity index (χ1n) is 6.99. The predicted molar refractivity (Wildman–Crippen MR) is 73.9 cm³/mol. The zero-order valence-electron chi connectivity index (χ0n) is 12.0. The van der Waals surface area contributed by atoms with Gasteiger partial charge in [-0.2, -0.15) is 0 Å². The summed E-state index contributed by atoms with van der Waals surface area (Å²) in [7, 11) is 1.62. The van der Waals surface area contributed by atoms with E-state index in [1.807, 2.05) is 12.4 Å². The molecule has 6 heteroatoms. The molecule has 1 aliphatic heterocycles. The van der Waals surface area contributed by atoms with E-state index >= 15 is 0 Å². The van der Waals surface area contributed by atoms with Gasteiger partial charge >= 0.3 is 0 Å². The molecule has 0 saturated carbocycles. The molecule has 0 aliphatic carbocycles. The van der Waals surface area contributed by atoms with Gasteiger partial charge in [0, 0.05) is 38.2 Å². The number of hydrogen-bond acceptors (Lipinski definition) is 6. The first-order chi connectivity index (χ1) is 9.65. The van der Waals surface area contributed by atoms with Crippen molar-refractivity contribution in [1.29, 1.82) is 0 Å². The van der Waals surface area contributed by atoms with Crippen LogP contribution in [0.5, 0.6) is 0 Å². The van der Waals surface area contributed by atoms with Crippen molar-refractivity contribution in [2.45, 2.75) is 38.0 Å². The van der Waals surface area contributed by atoms with Gasteiger partial charge in [-0.3, -0.25) is 4.90 Å². The molecule has 0 amide bonds. The smallest absolute Gasteiger partial charge is 0.153 e. The number of ether oxygens (including phenoxy) is 1. The molecule has 0 spiro atoms. The van der Waals surface area contributed by atoms with Gasteiger partial charge in [-0.25, -0.2) is 9.97 Å². The minimum Gasteiger partial charge on any atom is -0.393 e. The van der Waals surface area contributed by atoms with Crippen LogP contribution in [0.3, 0.4) is 0 Å². The number of aromatic nitrogens is 2. The summed E-state index contributed by atoms with van der Waals surface area (Å²) >= 11 is 0. The molecule has 1 fully saturated rings. The van der Waals surface area contributed by atoms with Crippen LogP contribution in [-0.4, -0.2) is 57.5 Å². The largest absolute Gasteiger partial charge is 0.393 e. The molecule has 2 rings (SSSR count). The molecular weight excluding hydrogens is 258 g/mol. The summed E-state index contributed by atoms with van der Waals surface area (Å²) in [6, 6.07) is 0. The molecular formula is C14H23N3O3. The summed E-state index contributed by atoms with van der Waals surface area (Å²) in [5.41, 5.74) is 0.146. The third-order valence-electron chi connectivity index (χ3n) is 3.74. The maximum atomic E-state index is 10.1. The molecule has 0 aromatic carbocycles. The molecule has 2 heterocycles. The molecule has 1 atom stereocenters. The van der Waals surface area contributed by atoms with Crippen LogP contribution >= 0.6 is 0 Å². The summed E-state index contributed by atoms with van der Waals surface area (Å²) < 4.78 is 4.98. The molecule has 2 N–H and O–H groups in total. The number of rotatable bonds is 5. The van der Waals surface area contributed by atoms with E-state index in [0.717, 1.165) is 31.6 Å². The van der Waals surface area contributed by atoms with Gasteiger partial charge in [0.2, 0.25) is 0 Å². The highest BCUT2D eigenvalue weighted by atomic mass is 16.5. The van der Waals surface area contributed by atoms with Crippen LogP contribution in [0.1, 0.15) is 30.7 Å². The Morgan fingerprint density at radius 2 is 2.05 bits per heavy atom. The molecule has 1 aromatic heterocycles. The normalized spacial score (nSPS) is 24.6. The monoisotopic (exact) mass is 281 g/mol. The van der Waals surface area contributed by atoms with E-state index in [1.165, 1.54) is 0 Å². The first kappa shape index (κ1) is 15.3. The minimum absolute atomic E-state index is 0.157. The average molecular weight is 281 g/mol. The predicted octanol–water partition coefficient (Wildman–Crippen LogP) is 0.332. The van der Waals surface area contributed by atoms with Crippen LogP contribution in [0.25, 0.3) is 0 Å². The highest BCUT2D eigenvalue weighted by Crippen LogP contribution is 2.22. The lowest BCUT2D eigenvalue weighted by atomic mass is 9.96. The molecule has 112 valence electrons. The van der Waals surface area contributed by atoms with Crippen LogP contribution in [0, 0.1) is 0 Å². The summed E-state index contributed by atoms with van der Waals surface area (Å²) in [6.45, 7) is 2.73. The highest BCUT2D eigenvalue weighted by Gasteiger charge is 2.29. The van der Waals surface area contributed by atoms with Crippen LogP contribution < -0.4 is 0 Å². The van der Waals surface area contributed by atoms with Crippen LogP contribution in [0.2, 0.25) is 0 Å². The van der Waals surface area contributed by atoms with Crippen molar-refractivity contribution in [1.82, 2.24) is 14.9 Å². The van der Waals surface area contributed by atoms with Gasteiger partial charge in [-0.05, 0) is 25.8 Å². The summed E-state index contributed by atoms with van der Waals surface area (Å²) in [4.78, 5) is 10.8. The van der Waals surface area contributed by atoms with Crippen molar-refractivity contribution in [3.8, 4) is 0 Å². The van der Waals surface area contributed by atoms with E-state index < -0.39 is 5.60 Å². The SMILES string of the molecule is COCc1ncc(CN2CCCC(O)(CO)CC2)cn1. The van der Waals surface area contributed by atoms with Crippen molar-refractivity contribution < 1.29 is 14.9 Å². The van der Waals surface area contributed by atoms with Crippen LogP contribution in [-0.2, 0) is 17.9 Å². The molecule has 20 heavy (non-hydrogen) atoms. The van der Waals surface area contributed by atoms with Crippen LogP contribution in [0.15, 0.2) is 12.4 Å². The number of methoxy groups -OCH3 is 1. The summed E-state index contributed by atoms with van der Waals surface area (Å²) in [5, 5.41) is 19.4. The summed E-state index contributed by atoms with van der Waals surface area (Å²) in [6.07, 6.45) is 5.80. The van der Waals surface area contributed by atoms with Crippen LogP contribution in [0.4, 0.5) is 0 Å². The molecule has 1 aromatic rings. The Balaban J connectivity index is 1.89. The summed E-state index contributed by atoms with van der Waals surface area (Å²) in [5.74, 6) is 0.682. The molecule has 0 bridgehead atoms. The zero-order valence-corrected chi connectivity index (χ0v) is 12.0. The Labute approximate surface area is 119 Å². The lowest BCUT2D eigenvalue weighted by Crippen LogP contribution is -2.34. The quantitative estimate of drug-likeness (QED) is 0.810. The molecule has 0 radical (unpaired) electrons. The Bertz CT molecular complexity index is 413. The first-order valence-corrected chi connectivity index (χ1v) is 6.99. The second-order valence-corrected chi connectivity index (χ2v) is 5.45. The fraction of sp³-hybridized carbons (Fsp3) is 0.714. The molecule has 1 aliphatic rings. The second-order valence-electron chi connectivity index (χ2n) is 5.45. The van der Waals surface area contributed by atoms with Crippen molar-refractivity contribution in [3.63, 3.8) is 0 Å². The molecule has 1 saturated heterocycles. The number of aliphatic hydroxyl groups excluding tert-OH is 1. The number of likely N-dealkylation sites (tertiary alicyclic amines) is 1. The van der Waals surface area contributed by atoms with E-state index in [-0.39, 0.29) is 6.61 Å². The van der Waals surface area contributed by atoms with Gasteiger partial charge in [-0.15, -0.1) is 0 Å². The maximum absolute atomic E-state index is 10.1. The van der Waals surface area contributed by atoms with E-state index in [9.17, 15) is 10.2 Å². The van der Waals surface area contributed by atoms with E-state index in [2.05, 4.69) is 14.9 Å². The maximum Gasteiger partial charge on any atom is 0.153 e. The van der Waals surface area contributed by atoms with Crippen molar-refractivity contribution >= 4 is 0 Å². The van der Waals surface area contributed by atoms with Gasteiger partial charge in [0.25, 0.3) is 0 Å². The van der Waals surface area contributed by atoms with E-state index in [0.29, 0.717) is 25.3 Å². The van der Waals surface area contributed by atoms with Crippen molar-refractivity contribution in [2.75, 3.05) is 26.8 Å². The van der Waals surface area contributed by atoms with E-state index in [1.54, 1.807) is 7.11 Å². The van der Waals surface area contributed by atoms with Crippen molar-refractivity contribution in [2.24, 2.45) is 0 Å². The van der Waals surface area contributed by atoms with Gasteiger partial charge in [0.05, 0.1) is 12.2 Å². The van der Waals surface area contributed by atoms with Gasteiger partial charge in [0.1, 0.15) is 6.61 Å². The third kappa shape index (κ3) is 4.21. The second kappa shape index (κ2) is 7.08. The fourth-order valence-electron chi connectivity index (χ4n) is 2.48. The average Bonchev–Trinajstić information content (AvgIpc) is 2.64. The molecule has 6 nitrogen and oxygen atoms in total. The Hall–Kier alpha value is -1.08. The Morgan fingerprint density at radius 1 is 1.30 bits per heavy atom. The molecule has 1 unspecified atom stereocenters. The third-order valence-corrected chi connectivity index (χ3v) is 3.74. The number of nitrogens with zero attached hydrogens (tertiary/aromatic N) is 3. The number of aliphatic hydroxyl groups is 2. The highest BCUT2D eigenvalue weighted by molar-refractivity contribution is 5.05. The topological polar surface area (TPSA) is 78.7 Å². The van der Waals surface area contributed by atoms with E-state index in [4.69, 9.17) is 4.74 Å². The standard InChI is InChI=1S/C14H23N3O3/c1-20-10-13-15-7-12(8-16-13)9-17-5-2-3-14(19,11-18)4-6-17/h7-8,18-19H,2-6,9-11H2,1H3. The Kier molecular flexibility index (Phi) is 5.42. The lowest BCUT2D eigenvalue weighted by Gasteiger charge is -2.24. The fourth-order valence-corrected chi connectivity index (χ4v) is 2.48. The Morgan fingerprint density at radius 3 is 2.70 bits per heavy atom. The van der Waals surface area contributed by atoms with Gasteiger partial charge in [-0.1, -0.05) is 0 Å². The minimum atomic E-state index is -0.909. The zero-order chi connectivity index (χ0) is 14.4. The number of hydrogen-bond donors (Lipinski definition) is 2. The van der Waals surface area contributed by atoms with Gasteiger partial charge < -0.3 is 14.9 Å². The van der Waals surface area contributed by atoms with Gasteiger partial charge in [0.15, 0.2) is 5.82 Å².